The number of fused-ring (bicyclic) bond motifs is 5. The highest BCUT2D eigenvalue weighted by Crippen LogP contribution is 2.61. The van der Waals surface area contributed by atoms with Crippen molar-refractivity contribution in [2.75, 3.05) is 19.6 Å². The Morgan fingerprint density at radius 1 is 1.26 bits per heavy atom. The van der Waals surface area contributed by atoms with Gasteiger partial charge in [0, 0.05) is 37.9 Å². The van der Waals surface area contributed by atoms with Crippen LogP contribution in [0.15, 0.2) is 24.4 Å². The zero-order chi connectivity index (χ0) is 21.3. The van der Waals surface area contributed by atoms with Crippen molar-refractivity contribution in [3.8, 4) is 0 Å². The third kappa shape index (κ3) is 2.93. The molecular formula is C24H31N5O2. The molecule has 2 aromatic rings. The van der Waals surface area contributed by atoms with Gasteiger partial charge in [0.1, 0.15) is 17.0 Å². The summed E-state index contributed by atoms with van der Waals surface area (Å²) in [5.41, 5.74) is 2.01. The number of aromatic nitrogens is 2. The molecule has 3 aliphatic carbocycles. The van der Waals surface area contributed by atoms with Crippen LogP contribution in [0, 0.1) is 23.2 Å². The van der Waals surface area contributed by atoms with Gasteiger partial charge in [0.25, 0.3) is 11.8 Å². The van der Waals surface area contributed by atoms with Crippen LogP contribution in [0.3, 0.4) is 0 Å². The summed E-state index contributed by atoms with van der Waals surface area (Å²) in [5.74, 6) is 2.01. The number of piperazine rings is 1. The van der Waals surface area contributed by atoms with Crippen LogP contribution in [0.4, 0.5) is 0 Å². The minimum Gasteiger partial charge on any atom is -0.350 e. The second-order valence-corrected chi connectivity index (χ2v) is 10.6. The van der Waals surface area contributed by atoms with Crippen LogP contribution in [0.1, 0.15) is 60.5 Å². The lowest BCUT2D eigenvalue weighted by Crippen LogP contribution is -2.54. The van der Waals surface area contributed by atoms with E-state index in [0.29, 0.717) is 40.3 Å². The van der Waals surface area contributed by atoms with Crippen molar-refractivity contribution in [1.82, 2.24) is 24.9 Å². The Hall–Kier alpha value is -2.41. The number of nitrogens with zero attached hydrogens (tertiary/aromatic N) is 3. The lowest BCUT2D eigenvalue weighted by atomic mass is 9.45. The van der Waals surface area contributed by atoms with E-state index in [9.17, 15) is 9.59 Å². The Balaban J connectivity index is 1.19. The largest absolute Gasteiger partial charge is 0.350 e. The summed E-state index contributed by atoms with van der Waals surface area (Å²) < 4.78 is 1.76. The molecule has 7 rings (SSSR count). The molecular weight excluding hydrogens is 390 g/mol. The number of likely N-dealkylation sites (tertiary alicyclic amines) is 1. The molecule has 5 aliphatic rings. The van der Waals surface area contributed by atoms with E-state index in [1.807, 2.05) is 23.1 Å². The molecule has 0 aromatic carbocycles. The third-order valence-electron chi connectivity index (χ3n) is 8.79. The Morgan fingerprint density at radius 2 is 2.13 bits per heavy atom. The van der Waals surface area contributed by atoms with Crippen LogP contribution in [-0.2, 0) is 0 Å². The maximum atomic E-state index is 13.1. The number of nitrogens with one attached hydrogen (secondary N) is 2. The molecule has 7 heteroatoms. The minimum absolute atomic E-state index is 0.0342. The SMILES string of the molecule is CC1(C)[C@H]2CC[C@@H](CNC(=O)c3cccc4nc(C(=O)N5C[C@H]6C[C@@H]5CN6)cn34)[C@@H]1C2. The normalized spacial score (nSPS) is 32.8. The topological polar surface area (TPSA) is 78.7 Å². The van der Waals surface area contributed by atoms with E-state index in [4.69, 9.17) is 0 Å². The fraction of sp³-hybridized carbons (Fsp3) is 0.625. The summed E-state index contributed by atoms with van der Waals surface area (Å²) in [5, 5.41) is 6.60. The number of imidazole rings is 1. The molecule has 0 unspecified atom stereocenters. The number of carbonyl (C=O) groups excluding carboxylic acids is 2. The van der Waals surface area contributed by atoms with Gasteiger partial charge in [0.2, 0.25) is 0 Å². The molecule has 4 bridgehead atoms. The second-order valence-electron chi connectivity index (χ2n) is 10.6. The monoisotopic (exact) mass is 421 g/mol. The van der Waals surface area contributed by atoms with Gasteiger partial charge in [-0.05, 0) is 61.0 Å². The Bertz CT molecular complexity index is 1060. The molecule has 31 heavy (non-hydrogen) atoms. The lowest BCUT2D eigenvalue weighted by Gasteiger charge is -2.60. The number of pyridine rings is 1. The zero-order valence-corrected chi connectivity index (χ0v) is 18.3. The van der Waals surface area contributed by atoms with Crippen molar-refractivity contribution in [3.05, 3.63) is 35.8 Å². The van der Waals surface area contributed by atoms with Gasteiger partial charge >= 0.3 is 0 Å². The van der Waals surface area contributed by atoms with Crippen LogP contribution in [-0.4, -0.2) is 57.8 Å². The summed E-state index contributed by atoms with van der Waals surface area (Å²) in [4.78, 5) is 32.6. The molecule has 7 nitrogen and oxygen atoms in total. The van der Waals surface area contributed by atoms with Crippen molar-refractivity contribution >= 4 is 17.5 Å². The maximum Gasteiger partial charge on any atom is 0.274 e. The molecule has 2 N–H and O–H groups in total. The van der Waals surface area contributed by atoms with Crippen LogP contribution in [0.5, 0.6) is 0 Å². The summed E-state index contributed by atoms with van der Waals surface area (Å²) >= 11 is 0. The number of carbonyl (C=O) groups is 2. The van der Waals surface area contributed by atoms with Crippen LogP contribution in [0.25, 0.3) is 5.65 Å². The van der Waals surface area contributed by atoms with E-state index in [1.54, 1.807) is 10.6 Å². The maximum absolute atomic E-state index is 13.1. The van der Waals surface area contributed by atoms with Crippen LogP contribution < -0.4 is 10.6 Å². The van der Waals surface area contributed by atoms with Gasteiger partial charge in [-0.15, -0.1) is 0 Å². The molecule has 2 saturated heterocycles. The second kappa shape index (κ2) is 6.79. The van der Waals surface area contributed by atoms with Gasteiger partial charge in [0.15, 0.2) is 0 Å². The molecule has 0 spiro atoms. The van der Waals surface area contributed by atoms with E-state index in [2.05, 4.69) is 29.5 Å². The Kier molecular flexibility index (Phi) is 4.23. The molecule has 2 aliphatic heterocycles. The average Bonchev–Trinajstić information content (AvgIpc) is 3.51. The third-order valence-corrected chi connectivity index (χ3v) is 8.79. The number of hydrogen-bond acceptors (Lipinski definition) is 4. The van der Waals surface area contributed by atoms with Crippen LogP contribution >= 0.6 is 0 Å². The van der Waals surface area contributed by atoms with E-state index in [1.165, 1.54) is 19.3 Å². The highest BCUT2D eigenvalue weighted by atomic mass is 16.2. The average molecular weight is 422 g/mol. The highest BCUT2D eigenvalue weighted by Gasteiger charge is 2.54. The number of hydrogen-bond donors (Lipinski definition) is 2. The van der Waals surface area contributed by atoms with E-state index in [-0.39, 0.29) is 17.9 Å². The minimum atomic E-state index is -0.0920. The first-order valence-corrected chi connectivity index (χ1v) is 11.7. The van der Waals surface area contributed by atoms with Gasteiger partial charge in [-0.3, -0.25) is 14.0 Å². The highest BCUT2D eigenvalue weighted by molar-refractivity contribution is 5.96. The predicted octanol–water partition coefficient (Wildman–Crippen LogP) is 2.32. The summed E-state index contributed by atoms with van der Waals surface area (Å²) in [6.07, 6.45) is 6.54. The summed E-state index contributed by atoms with van der Waals surface area (Å²) in [6.45, 7) is 7.08. The van der Waals surface area contributed by atoms with Gasteiger partial charge < -0.3 is 15.5 Å². The standard InChI is InChI=1S/C24H31N5O2/c1-24(2)15-7-6-14(18(24)8-15)10-26-22(30)20-4-3-5-21-27-19(13-29(20)21)23(31)28-12-16-9-17(28)11-25-16/h3-5,13-18,25H,6-12H2,1-2H3,(H,26,30)/t14-,15-,16+,17+,18-/m0/s1. The van der Waals surface area contributed by atoms with Gasteiger partial charge in [0.05, 0.1) is 0 Å². The van der Waals surface area contributed by atoms with Crippen molar-refractivity contribution < 1.29 is 9.59 Å². The molecule has 2 aromatic heterocycles. The molecule has 2 amide bonds. The number of rotatable bonds is 4. The molecule has 3 saturated carbocycles. The first-order valence-electron chi connectivity index (χ1n) is 11.7. The first kappa shape index (κ1) is 19.3. The fourth-order valence-corrected chi connectivity index (χ4v) is 6.78. The van der Waals surface area contributed by atoms with E-state index in [0.717, 1.165) is 32.0 Å². The van der Waals surface area contributed by atoms with Crippen molar-refractivity contribution in [3.63, 3.8) is 0 Å². The lowest BCUT2D eigenvalue weighted by molar-refractivity contribution is -0.103. The van der Waals surface area contributed by atoms with Crippen LogP contribution in [0.2, 0.25) is 0 Å². The van der Waals surface area contributed by atoms with E-state index >= 15 is 0 Å². The smallest absolute Gasteiger partial charge is 0.274 e. The first-order chi connectivity index (χ1) is 14.9. The van der Waals surface area contributed by atoms with Crippen molar-refractivity contribution in [2.45, 2.75) is 51.6 Å². The molecule has 5 fully saturated rings. The molecule has 5 atom stereocenters. The van der Waals surface area contributed by atoms with E-state index < -0.39 is 0 Å². The molecule has 0 radical (unpaired) electrons. The van der Waals surface area contributed by atoms with Gasteiger partial charge in [-0.25, -0.2) is 4.98 Å². The zero-order valence-electron chi connectivity index (χ0n) is 18.3. The fourth-order valence-electron chi connectivity index (χ4n) is 6.78. The quantitative estimate of drug-likeness (QED) is 0.794. The van der Waals surface area contributed by atoms with Crippen molar-refractivity contribution in [1.29, 1.82) is 0 Å². The van der Waals surface area contributed by atoms with Gasteiger partial charge in [-0.2, -0.15) is 0 Å². The summed E-state index contributed by atoms with van der Waals surface area (Å²) in [6, 6.07) is 6.17. The summed E-state index contributed by atoms with van der Waals surface area (Å²) in [7, 11) is 0. The Morgan fingerprint density at radius 3 is 2.84 bits per heavy atom. The van der Waals surface area contributed by atoms with Crippen molar-refractivity contribution in [2.24, 2.45) is 23.2 Å². The Labute approximate surface area is 182 Å². The number of amides is 2. The molecule has 4 heterocycles. The van der Waals surface area contributed by atoms with Gasteiger partial charge in [-0.1, -0.05) is 19.9 Å². The molecule has 164 valence electrons. The predicted molar refractivity (Wildman–Crippen MR) is 117 cm³/mol.